The van der Waals surface area contributed by atoms with Gasteiger partial charge in [-0.3, -0.25) is 0 Å². The molecule has 0 unspecified atom stereocenters. The number of carbonyl (C=O) groups is 1. The van der Waals surface area contributed by atoms with Crippen LogP contribution >= 0.6 is 11.8 Å². The van der Waals surface area contributed by atoms with Crippen molar-refractivity contribution in [3.63, 3.8) is 0 Å². The van der Waals surface area contributed by atoms with E-state index in [1.165, 1.54) is 24.9 Å². The Kier molecular flexibility index (Phi) is 8.31. The molecule has 0 spiro atoms. The molecule has 0 atom stereocenters. The van der Waals surface area contributed by atoms with Gasteiger partial charge in [-0.2, -0.15) is 0 Å². The fourth-order valence-electron chi connectivity index (χ4n) is 0.639. The predicted octanol–water partition coefficient (Wildman–Crippen LogP) is 2.54. The van der Waals surface area contributed by atoms with Crippen LogP contribution in [-0.2, 0) is 9.53 Å². The zero-order valence-electron chi connectivity index (χ0n) is 9.11. The van der Waals surface area contributed by atoms with Crippen LogP contribution < -0.4 is 0 Å². The monoisotopic (exact) mass is 222 g/mol. The normalized spacial score (nSPS) is 11.5. The molecular formula is C12H14O2S. The quantitative estimate of drug-likeness (QED) is 0.318. The van der Waals surface area contributed by atoms with Gasteiger partial charge in [-0.25, -0.2) is 4.79 Å². The summed E-state index contributed by atoms with van der Waals surface area (Å²) in [5.41, 5.74) is 0. The minimum absolute atomic E-state index is 0.367. The molecule has 0 N–H and O–H groups in total. The minimum atomic E-state index is -0.367. The van der Waals surface area contributed by atoms with Crippen LogP contribution in [0.15, 0.2) is 35.3 Å². The molecule has 0 aliphatic rings. The number of thioether (sulfide) groups is 1. The van der Waals surface area contributed by atoms with Crippen LogP contribution in [0.25, 0.3) is 0 Å². The van der Waals surface area contributed by atoms with E-state index < -0.39 is 0 Å². The summed E-state index contributed by atoms with van der Waals surface area (Å²) in [5, 5.41) is 0. The first kappa shape index (κ1) is 13.6. The molecule has 0 aliphatic heterocycles. The highest BCUT2D eigenvalue weighted by atomic mass is 32.2. The smallest absolute Gasteiger partial charge is 0.330 e. The Hall–Kier alpha value is -1.40. The molecule has 0 saturated heterocycles. The van der Waals surface area contributed by atoms with Gasteiger partial charge in [0.15, 0.2) is 0 Å². The van der Waals surface area contributed by atoms with Crippen molar-refractivity contribution in [3.8, 4) is 11.8 Å². The third-order valence-corrected chi connectivity index (χ3v) is 2.02. The van der Waals surface area contributed by atoms with Crippen LogP contribution in [0.1, 0.15) is 6.92 Å². The third kappa shape index (κ3) is 7.65. The van der Waals surface area contributed by atoms with Crippen molar-refractivity contribution in [1.29, 1.82) is 0 Å². The van der Waals surface area contributed by atoms with Gasteiger partial charge in [0.1, 0.15) is 0 Å². The van der Waals surface area contributed by atoms with E-state index in [2.05, 4.69) is 16.6 Å². The van der Waals surface area contributed by atoms with E-state index in [1.807, 2.05) is 19.3 Å². The molecule has 2 nitrogen and oxygen atoms in total. The van der Waals surface area contributed by atoms with Crippen molar-refractivity contribution in [2.45, 2.75) is 6.92 Å². The predicted molar refractivity (Wildman–Crippen MR) is 65.3 cm³/mol. The lowest BCUT2D eigenvalue weighted by Gasteiger charge is -1.89. The Morgan fingerprint density at radius 2 is 2.20 bits per heavy atom. The number of esters is 1. The SMILES string of the molecule is C/C=C/C#C/C(=C/C=C/C(=O)OC)SC. The number of methoxy groups -OCH3 is 1. The largest absolute Gasteiger partial charge is 0.466 e. The molecule has 3 heteroatoms. The second-order valence-corrected chi connectivity index (χ2v) is 3.23. The lowest BCUT2D eigenvalue weighted by atomic mass is 10.4. The highest BCUT2D eigenvalue weighted by Gasteiger charge is 1.89. The van der Waals surface area contributed by atoms with Gasteiger partial charge in [-0.15, -0.1) is 11.8 Å². The van der Waals surface area contributed by atoms with Crippen LogP contribution in [0.5, 0.6) is 0 Å². The van der Waals surface area contributed by atoms with Gasteiger partial charge in [0.2, 0.25) is 0 Å². The van der Waals surface area contributed by atoms with Crippen molar-refractivity contribution in [2.24, 2.45) is 0 Å². The van der Waals surface area contributed by atoms with Crippen molar-refractivity contribution in [1.82, 2.24) is 0 Å². The van der Waals surface area contributed by atoms with Crippen LogP contribution in [0.4, 0.5) is 0 Å². The van der Waals surface area contributed by atoms with Crippen molar-refractivity contribution < 1.29 is 9.53 Å². The van der Waals surface area contributed by atoms with Crippen molar-refractivity contribution in [3.05, 3.63) is 35.3 Å². The summed E-state index contributed by atoms with van der Waals surface area (Å²) in [6, 6.07) is 0. The zero-order valence-corrected chi connectivity index (χ0v) is 9.93. The van der Waals surface area contributed by atoms with Crippen molar-refractivity contribution >= 4 is 17.7 Å². The fraction of sp³-hybridized carbons (Fsp3) is 0.250. The van der Waals surface area contributed by atoms with Crippen LogP contribution in [0.2, 0.25) is 0 Å². The molecule has 0 rings (SSSR count). The maximum Gasteiger partial charge on any atom is 0.330 e. The molecule has 0 heterocycles. The number of rotatable bonds is 3. The topological polar surface area (TPSA) is 26.3 Å². The first-order valence-corrected chi connectivity index (χ1v) is 5.60. The molecule has 0 radical (unpaired) electrons. The number of allylic oxidation sites excluding steroid dienone is 5. The van der Waals surface area contributed by atoms with Gasteiger partial charge < -0.3 is 4.74 Å². The molecule has 80 valence electrons. The molecule has 15 heavy (non-hydrogen) atoms. The second kappa shape index (κ2) is 9.17. The first-order chi connectivity index (χ1) is 7.24. The Balaban J connectivity index is 4.43. The average molecular weight is 222 g/mol. The summed E-state index contributed by atoms with van der Waals surface area (Å²) in [4.78, 5) is 11.6. The standard InChI is InChI=1S/C12H14O2S/c1-4-5-6-8-11(15-3)9-7-10-12(13)14-2/h4-5,7,9-10H,1-3H3/b5-4+,10-7+,11-9-. The van der Waals surface area contributed by atoms with E-state index in [0.717, 1.165) is 4.91 Å². The van der Waals surface area contributed by atoms with E-state index in [-0.39, 0.29) is 5.97 Å². The molecular weight excluding hydrogens is 208 g/mol. The lowest BCUT2D eigenvalue weighted by molar-refractivity contribution is -0.134. The molecule has 0 bridgehead atoms. The van der Waals surface area contributed by atoms with E-state index in [9.17, 15) is 4.79 Å². The highest BCUT2D eigenvalue weighted by molar-refractivity contribution is 8.02. The number of hydrogen-bond donors (Lipinski definition) is 0. The summed E-state index contributed by atoms with van der Waals surface area (Å²) in [6.07, 6.45) is 10.3. The molecule has 0 fully saturated rings. The van der Waals surface area contributed by atoms with E-state index >= 15 is 0 Å². The Morgan fingerprint density at radius 1 is 1.47 bits per heavy atom. The average Bonchev–Trinajstić information content (AvgIpc) is 2.26. The zero-order chi connectivity index (χ0) is 11.5. The highest BCUT2D eigenvalue weighted by Crippen LogP contribution is 2.09. The van der Waals surface area contributed by atoms with E-state index in [1.54, 1.807) is 18.2 Å². The van der Waals surface area contributed by atoms with Gasteiger partial charge in [-0.1, -0.05) is 24.0 Å². The molecule has 0 amide bonds. The van der Waals surface area contributed by atoms with Gasteiger partial charge in [0, 0.05) is 6.08 Å². The number of hydrogen-bond acceptors (Lipinski definition) is 3. The third-order valence-electron chi connectivity index (χ3n) is 1.35. The molecule has 0 aromatic carbocycles. The summed E-state index contributed by atoms with van der Waals surface area (Å²) >= 11 is 1.53. The van der Waals surface area contributed by atoms with Crippen LogP contribution in [0.3, 0.4) is 0 Å². The van der Waals surface area contributed by atoms with Gasteiger partial charge in [0.05, 0.1) is 12.0 Å². The van der Waals surface area contributed by atoms with Gasteiger partial charge >= 0.3 is 5.97 Å². The van der Waals surface area contributed by atoms with Gasteiger partial charge in [-0.05, 0) is 25.3 Å². The maximum atomic E-state index is 10.7. The van der Waals surface area contributed by atoms with Gasteiger partial charge in [0.25, 0.3) is 0 Å². The summed E-state index contributed by atoms with van der Waals surface area (Å²) in [7, 11) is 1.34. The Bertz CT molecular complexity index is 340. The Labute approximate surface area is 95.1 Å². The second-order valence-electron chi connectivity index (χ2n) is 2.39. The Morgan fingerprint density at radius 3 is 2.73 bits per heavy atom. The van der Waals surface area contributed by atoms with Crippen molar-refractivity contribution in [2.75, 3.05) is 13.4 Å². The number of ether oxygens (including phenoxy) is 1. The minimum Gasteiger partial charge on any atom is -0.466 e. The molecule has 0 aliphatic carbocycles. The fourth-order valence-corrected chi connectivity index (χ4v) is 1.01. The van der Waals surface area contributed by atoms with E-state index in [4.69, 9.17) is 0 Å². The summed E-state index contributed by atoms with van der Waals surface area (Å²) in [5.74, 6) is 5.45. The van der Waals surface area contributed by atoms with Crippen LogP contribution in [-0.4, -0.2) is 19.3 Å². The van der Waals surface area contributed by atoms with Crippen LogP contribution in [0, 0.1) is 11.8 Å². The summed E-state index contributed by atoms with van der Waals surface area (Å²) < 4.78 is 4.46. The van der Waals surface area contributed by atoms with E-state index in [0.29, 0.717) is 0 Å². The number of carbonyl (C=O) groups excluding carboxylic acids is 1. The first-order valence-electron chi connectivity index (χ1n) is 4.37. The summed E-state index contributed by atoms with van der Waals surface area (Å²) in [6.45, 7) is 1.91. The lowest BCUT2D eigenvalue weighted by Crippen LogP contribution is -1.92. The molecule has 0 aromatic rings. The maximum absolute atomic E-state index is 10.7. The molecule has 0 saturated carbocycles. The molecule has 0 aromatic heterocycles.